The monoisotopic (exact) mass is 513 g/mol. The average molecular weight is 514 g/mol. The molecule has 11 heteroatoms. The summed E-state index contributed by atoms with van der Waals surface area (Å²) in [6.45, 7) is 6.03. The molecular weight excluding hydrogens is 491 g/mol. The largest absolute Gasteiger partial charge is 0.507 e. The Balaban J connectivity index is 1.60. The molecule has 1 aromatic heterocycles. The van der Waals surface area contributed by atoms with Crippen molar-refractivity contribution in [1.82, 2.24) is 9.88 Å². The van der Waals surface area contributed by atoms with Crippen molar-refractivity contribution >= 4 is 44.2 Å². The van der Waals surface area contributed by atoms with Gasteiger partial charge >= 0.3 is 6.18 Å². The molecular formula is C23H23ClF3N3O3S. The fourth-order valence-electron chi connectivity index (χ4n) is 3.97. The van der Waals surface area contributed by atoms with Crippen molar-refractivity contribution in [3.05, 3.63) is 51.5 Å². The second-order valence-electron chi connectivity index (χ2n) is 8.18. The molecule has 0 radical (unpaired) electrons. The zero-order valence-electron chi connectivity index (χ0n) is 18.5. The number of phenols is 1. The number of benzene rings is 2. The third-order valence-corrected chi connectivity index (χ3v) is 6.76. The van der Waals surface area contributed by atoms with Crippen LogP contribution in [0.2, 0.25) is 5.02 Å². The number of phenolic OH excluding ortho intramolecular Hbond substituents is 1. The van der Waals surface area contributed by atoms with Gasteiger partial charge in [-0.25, -0.2) is 4.98 Å². The number of aromatic nitrogens is 1. The molecule has 0 unspecified atom stereocenters. The van der Waals surface area contributed by atoms with E-state index in [-0.39, 0.29) is 27.6 Å². The van der Waals surface area contributed by atoms with Gasteiger partial charge in [0.25, 0.3) is 5.91 Å². The van der Waals surface area contributed by atoms with E-state index in [0.717, 1.165) is 23.5 Å². The molecule has 34 heavy (non-hydrogen) atoms. The van der Waals surface area contributed by atoms with Crippen LogP contribution in [0.15, 0.2) is 24.3 Å². The molecule has 2 heterocycles. The van der Waals surface area contributed by atoms with E-state index < -0.39 is 17.6 Å². The number of nitrogens with one attached hydrogen (secondary N) is 1. The van der Waals surface area contributed by atoms with Crippen LogP contribution >= 0.6 is 22.9 Å². The molecule has 0 aliphatic carbocycles. The Morgan fingerprint density at radius 2 is 2.09 bits per heavy atom. The van der Waals surface area contributed by atoms with Crippen molar-refractivity contribution in [3.63, 3.8) is 0 Å². The predicted molar refractivity (Wildman–Crippen MR) is 126 cm³/mol. The molecule has 4 rings (SSSR count). The fourth-order valence-corrected chi connectivity index (χ4v) is 5.16. The molecule has 1 aliphatic heterocycles. The molecule has 0 bridgehead atoms. The van der Waals surface area contributed by atoms with Crippen molar-refractivity contribution in [2.45, 2.75) is 39.1 Å². The quantitative estimate of drug-likeness (QED) is 0.457. The topological polar surface area (TPSA) is 74.7 Å². The van der Waals surface area contributed by atoms with Crippen LogP contribution in [0.25, 0.3) is 10.2 Å². The maximum absolute atomic E-state index is 13.2. The summed E-state index contributed by atoms with van der Waals surface area (Å²) in [4.78, 5) is 19.4. The van der Waals surface area contributed by atoms with Crippen LogP contribution in [0, 0.1) is 0 Å². The third-order valence-electron chi connectivity index (χ3n) is 5.62. The van der Waals surface area contributed by atoms with E-state index in [1.165, 1.54) is 6.07 Å². The first-order valence-corrected chi connectivity index (χ1v) is 11.9. The summed E-state index contributed by atoms with van der Waals surface area (Å²) in [5.41, 5.74) is 0.560. The summed E-state index contributed by atoms with van der Waals surface area (Å²) in [6.07, 6.45) is -4.06. The van der Waals surface area contributed by atoms with Crippen LogP contribution in [-0.2, 0) is 23.9 Å². The van der Waals surface area contributed by atoms with Crippen LogP contribution in [0.3, 0.4) is 0 Å². The Kier molecular flexibility index (Phi) is 7.04. The first-order valence-electron chi connectivity index (χ1n) is 10.7. The van der Waals surface area contributed by atoms with Crippen molar-refractivity contribution in [1.29, 1.82) is 0 Å². The number of ether oxygens (including phenoxy) is 1. The highest BCUT2D eigenvalue weighted by atomic mass is 35.5. The normalized spacial score (nSPS) is 17.3. The van der Waals surface area contributed by atoms with Gasteiger partial charge in [-0.3, -0.25) is 15.0 Å². The number of halogens is 4. The third kappa shape index (κ3) is 5.30. The lowest BCUT2D eigenvalue weighted by atomic mass is 10.1. The molecule has 2 aromatic carbocycles. The van der Waals surface area contributed by atoms with Gasteiger partial charge in [-0.1, -0.05) is 29.9 Å². The lowest BCUT2D eigenvalue weighted by Crippen LogP contribution is -2.40. The number of hydrogen-bond donors (Lipinski definition) is 2. The highest BCUT2D eigenvalue weighted by molar-refractivity contribution is 7.22. The lowest BCUT2D eigenvalue weighted by Gasteiger charge is -2.31. The number of morpholine rings is 1. The number of carbonyl (C=O) groups is 1. The lowest BCUT2D eigenvalue weighted by molar-refractivity contribution is -0.137. The molecule has 0 spiro atoms. The smallest absolute Gasteiger partial charge is 0.416 e. The number of thiazole rings is 1. The van der Waals surface area contributed by atoms with Crippen LogP contribution in [0.5, 0.6) is 5.75 Å². The van der Waals surface area contributed by atoms with E-state index in [4.69, 9.17) is 16.3 Å². The number of anilines is 1. The zero-order chi connectivity index (χ0) is 24.6. The van der Waals surface area contributed by atoms with Crippen LogP contribution in [0.1, 0.15) is 40.9 Å². The molecule has 3 aromatic rings. The Labute approximate surface area is 203 Å². The number of amides is 1. The van der Waals surface area contributed by atoms with Gasteiger partial charge in [-0.15, -0.1) is 0 Å². The van der Waals surface area contributed by atoms with E-state index in [1.807, 2.05) is 6.92 Å². The summed E-state index contributed by atoms with van der Waals surface area (Å²) in [7, 11) is 0. The minimum atomic E-state index is -4.48. The van der Waals surface area contributed by atoms with E-state index in [0.29, 0.717) is 54.0 Å². The van der Waals surface area contributed by atoms with Gasteiger partial charge in [0, 0.05) is 30.2 Å². The average Bonchev–Trinajstić information content (AvgIpc) is 3.17. The molecule has 0 saturated carbocycles. The number of carbonyl (C=O) groups excluding carboxylic acids is 1. The minimum Gasteiger partial charge on any atom is -0.507 e. The number of fused-ring (bicyclic) bond motifs is 1. The first-order chi connectivity index (χ1) is 16.0. The number of rotatable bonds is 5. The van der Waals surface area contributed by atoms with Gasteiger partial charge in [0.2, 0.25) is 0 Å². The number of hydrogen-bond acceptors (Lipinski definition) is 6. The summed E-state index contributed by atoms with van der Waals surface area (Å²) < 4.78 is 45.6. The molecule has 1 fully saturated rings. The Morgan fingerprint density at radius 3 is 2.76 bits per heavy atom. The molecule has 2 N–H and O–H groups in total. The number of aryl methyl sites for hydroxylation is 1. The zero-order valence-corrected chi connectivity index (χ0v) is 20.1. The van der Waals surface area contributed by atoms with E-state index in [2.05, 4.69) is 15.2 Å². The van der Waals surface area contributed by atoms with Gasteiger partial charge in [0.05, 0.1) is 34.1 Å². The summed E-state index contributed by atoms with van der Waals surface area (Å²) >= 11 is 7.17. The number of alkyl halides is 3. The molecule has 1 saturated heterocycles. The number of nitrogens with zero attached hydrogens (tertiary/aromatic N) is 2. The van der Waals surface area contributed by atoms with Gasteiger partial charge in [0.15, 0.2) is 5.13 Å². The Morgan fingerprint density at radius 1 is 1.32 bits per heavy atom. The highest BCUT2D eigenvalue weighted by Gasteiger charge is 2.32. The van der Waals surface area contributed by atoms with Crippen LogP contribution < -0.4 is 5.32 Å². The highest BCUT2D eigenvalue weighted by Crippen LogP contribution is 2.37. The summed E-state index contributed by atoms with van der Waals surface area (Å²) in [5.74, 6) is -0.847. The van der Waals surface area contributed by atoms with Crippen molar-refractivity contribution in [3.8, 4) is 5.75 Å². The van der Waals surface area contributed by atoms with Crippen LogP contribution in [0.4, 0.5) is 18.3 Å². The Bertz CT molecular complexity index is 1230. The van der Waals surface area contributed by atoms with E-state index in [9.17, 15) is 23.1 Å². The van der Waals surface area contributed by atoms with E-state index >= 15 is 0 Å². The molecule has 1 atom stereocenters. The van der Waals surface area contributed by atoms with Crippen LogP contribution in [-0.4, -0.2) is 46.7 Å². The molecule has 1 aliphatic rings. The standard InChI is InChI=1S/C23H23ClF3N3O3S/c1-3-13-6-15(23(25,26)27)8-18-19(13)28-22(34-18)29-21(32)17-9-16(24)7-14(20(17)31)11-30-4-5-33-12(2)10-30/h6-9,12,31H,3-5,10-11H2,1-2H3,(H,28,29,32)/t12-/m0/s1. The van der Waals surface area contributed by atoms with Crippen molar-refractivity contribution in [2.75, 3.05) is 25.0 Å². The fraction of sp³-hybridized carbons (Fsp3) is 0.391. The first kappa shape index (κ1) is 24.7. The van der Waals surface area contributed by atoms with Gasteiger partial charge < -0.3 is 9.84 Å². The molecule has 1 amide bonds. The SMILES string of the molecule is CCc1cc(C(F)(F)F)cc2sc(NC(=O)c3cc(Cl)cc(CN4CCO[C@@H](C)C4)c3O)nc12. The maximum atomic E-state index is 13.2. The number of aromatic hydroxyl groups is 1. The minimum absolute atomic E-state index is 0.0326. The molecule has 182 valence electrons. The maximum Gasteiger partial charge on any atom is 0.416 e. The second-order valence-corrected chi connectivity index (χ2v) is 9.65. The molecule has 6 nitrogen and oxygen atoms in total. The predicted octanol–water partition coefficient (Wildman–Crippen LogP) is 5.71. The summed E-state index contributed by atoms with van der Waals surface area (Å²) in [5, 5.41) is 13.8. The van der Waals surface area contributed by atoms with Gasteiger partial charge in [-0.05, 0) is 43.2 Å². The van der Waals surface area contributed by atoms with E-state index in [1.54, 1.807) is 13.0 Å². The summed E-state index contributed by atoms with van der Waals surface area (Å²) in [6, 6.07) is 5.07. The van der Waals surface area contributed by atoms with Gasteiger partial charge in [-0.2, -0.15) is 13.2 Å². The van der Waals surface area contributed by atoms with Crippen molar-refractivity contribution in [2.24, 2.45) is 0 Å². The second kappa shape index (κ2) is 9.69. The Hall–Kier alpha value is -2.40. The van der Waals surface area contributed by atoms with Gasteiger partial charge in [0.1, 0.15) is 5.75 Å². The van der Waals surface area contributed by atoms with Crippen molar-refractivity contribution < 1.29 is 27.8 Å².